The van der Waals surface area contributed by atoms with Crippen molar-refractivity contribution in [2.75, 3.05) is 26.4 Å². The average Bonchev–Trinajstić information content (AvgIpc) is 2.56. The third-order valence-electron chi connectivity index (χ3n) is 4.36. The summed E-state index contributed by atoms with van der Waals surface area (Å²) in [6, 6.07) is 1.99. The molecule has 0 aromatic rings. The molecule has 0 radical (unpaired) electrons. The van der Waals surface area contributed by atoms with E-state index in [4.69, 9.17) is 26.6 Å². The van der Waals surface area contributed by atoms with Gasteiger partial charge in [-0.05, 0) is 98.3 Å². The second-order valence-corrected chi connectivity index (χ2v) is 21.8. The molecule has 0 aliphatic carbocycles. The Morgan fingerprint density at radius 1 is 0.581 bits per heavy atom. The van der Waals surface area contributed by atoms with Crippen molar-refractivity contribution in [2.45, 2.75) is 111 Å². The molecule has 2 atom stereocenters. The van der Waals surface area contributed by atoms with Crippen LogP contribution in [0.5, 0.6) is 0 Å². The molecule has 0 rings (SSSR count). The minimum absolute atomic E-state index is 0.221. The van der Waals surface area contributed by atoms with Gasteiger partial charge in [0.1, 0.15) is 0 Å². The van der Waals surface area contributed by atoms with E-state index in [0.29, 0.717) is 0 Å². The molecule has 0 bridgehead atoms. The van der Waals surface area contributed by atoms with Gasteiger partial charge in [0.05, 0.1) is 0 Å². The molecule has 2 unspecified atom stereocenters. The Morgan fingerprint density at radius 3 is 1.19 bits per heavy atom. The fourth-order valence-electron chi connectivity index (χ4n) is 3.74. The summed E-state index contributed by atoms with van der Waals surface area (Å²) < 4.78 is 36.5. The molecule has 6 nitrogen and oxygen atoms in total. The molecule has 10 heteroatoms. The van der Waals surface area contributed by atoms with Gasteiger partial charge in [-0.1, -0.05) is 0 Å². The SMILES string of the molecule is CC(C)O[Si](C)(CCCOCCCOCCC[Si](C)(OC(C)C)O[SiH](C)C)O[SiH](C)C. The maximum Gasteiger partial charge on any atom is 0.324 e. The lowest BCUT2D eigenvalue weighted by Gasteiger charge is -2.31. The van der Waals surface area contributed by atoms with E-state index in [1.165, 1.54) is 0 Å². The summed E-state index contributed by atoms with van der Waals surface area (Å²) in [5, 5.41) is 0. The number of hydrogen-bond donors (Lipinski definition) is 0. The Kier molecular flexibility index (Phi) is 17.5. The Labute approximate surface area is 198 Å². The van der Waals surface area contributed by atoms with E-state index in [2.05, 4.69) is 67.0 Å². The molecule has 31 heavy (non-hydrogen) atoms. The Balaban J connectivity index is 3.87. The summed E-state index contributed by atoms with van der Waals surface area (Å²) in [6.07, 6.45) is 3.36. The van der Waals surface area contributed by atoms with Crippen molar-refractivity contribution in [3.8, 4) is 0 Å². The minimum atomic E-state index is -2.06. The molecule has 0 aliphatic rings. The normalized spacial score (nSPS) is 16.5. The van der Waals surface area contributed by atoms with Crippen LogP contribution >= 0.6 is 0 Å². The average molecular weight is 513 g/mol. The smallest absolute Gasteiger partial charge is 0.324 e. The Hall–Kier alpha value is 0.628. The molecule has 0 N–H and O–H groups in total. The molecule has 0 heterocycles. The third-order valence-corrected chi connectivity index (χ3v) is 16.6. The fraction of sp³-hybridized carbons (Fsp3) is 1.00. The minimum Gasteiger partial charge on any atom is -0.439 e. The van der Waals surface area contributed by atoms with Gasteiger partial charge in [0, 0.05) is 38.6 Å². The molecule has 0 saturated heterocycles. The van der Waals surface area contributed by atoms with Crippen molar-refractivity contribution >= 4 is 35.2 Å². The second kappa shape index (κ2) is 17.1. The molecular formula is C21H52O6Si4. The largest absolute Gasteiger partial charge is 0.439 e. The second-order valence-electron chi connectivity index (χ2n) is 9.72. The first-order valence-electron chi connectivity index (χ1n) is 12.2. The Morgan fingerprint density at radius 2 is 0.903 bits per heavy atom. The van der Waals surface area contributed by atoms with Crippen LogP contribution in [-0.2, 0) is 26.6 Å². The van der Waals surface area contributed by atoms with Crippen molar-refractivity contribution in [1.29, 1.82) is 0 Å². The van der Waals surface area contributed by atoms with Gasteiger partial charge < -0.3 is 26.6 Å². The summed E-state index contributed by atoms with van der Waals surface area (Å²) in [6.45, 7) is 24.6. The molecule has 0 spiro atoms. The summed E-state index contributed by atoms with van der Waals surface area (Å²) in [7, 11) is -6.31. The van der Waals surface area contributed by atoms with Crippen molar-refractivity contribution in [3.63, 3.8) is 0 Å². The van der Waals surface area contributed by atoms with E-state index in [0.717, 1.165) is 57.8 Å². The Bertz CT molecular complexity index is 380. The van der Waals surface area contributed by atoms with Crippen molar-refractivity contribution < 1.29 is 26.6 Å². The first kappa shape index (κ1) is 31.6. The molecule has 0 amide bonds. The van der Waals surface area contributed by atoms with Crippen LogP contribution in [0, 0.1) is 0 Å². The third kappa shape index (κ3) is 18.7. The number of ether oxygens (including phenoxy) is 2. The fourth-order valence-corrected chi connectivity index (χ4v) is 16.9. The van der Waals surface area contributed by atoms with Gasteiger partial charge in [-0.2, -0.15) is 0 Å². The molecule has 0 aromatic carbocycles. The number of rotatable bonds is 20. The highest BCUT2D eigenvalue weighted by atomic mass is 28.4. The maximum atomic E-state index is 6.26. The van der Waals surface area contributed by atoms with Crippen LogP contribution in [0.3, 0.4) is 0 Å². The standard InChI is InChI=1S/C21H52O6Si4/c1-20(2)24-30(9,26-28(5)6)18-12-16-22-14-11-15-23-17-13-19-31(10,25-21(3)4)27-29(7)8/h20-21,28-29H,11-19H2,1-10H3. The first-order valence-corrected chi connectivity index (χ1v) is 22.8. The zero-order chi connectivity index (χ0) is 23.9. The lowest BCUT2D eigenvalue weighted by molar-refractivity contribution is 0.0809. The van der Waals surface area contributed by atoms with E-state index in [-0.39, 0.29) is 12.2 Å². The topological polar surface area (TPSA) is 55.4 Å². The van der Waals surface area contributed by atoms with Gasteiger partial charge in [-0.15, -0.1) is 0 Å². The van der Waals surface area contributed by atoms with Crippen LogP contribution < -0.4 is 0 Å². The summed E-state index contributed by atoms with van der Waals surface area (Å²) in [5.74, 6) is 0. The van der Waals surface area contributed by atoms with E-state index in [9.17, 15) is 0 Å². The van der Waals surface area contributed by atoms with E-state index in [1.807, 2.05) is 0 Å². The summed E-state index contributed by atoms with van der Waals surface area (Å²) in [5.41, 5.74) is 0. The van der Waals surface area contributed by atoms with Crippen LogP contribution in [0.1, 0.15) is 47.0 Å². The molecule has 0 aromatic heterocycles. The van der Waals surface area contributed by atoms with Crippen LogP contribution in [0.15, 0.2) is 0 Å². The van der Waals surface area contributed by atoms with Crippen molar-refractivity contribution in [3.05, 3.63) is 0 Å². The monoisotopic (exact) mass is 512 g/mol. The predicted molar refractivity (Wildman–Crippen MR) is 141 cm³/mol. The van der Waals surface area contributed by atoms with Crippen LogP contribution in [0.2, 0.25) is 51.4 Å². The lowest BCUT2D eigenvalue weighted by atomic mass is 10.4. The van der Waals surface area contributed by atoms with Gasteiger partial charge in [0.2, 0.25) is 0 Å². The predicted octanol–water partition coefficient (Wildman–Crippen LogP) is 5.18. The zero-order valence-corrected chi connectivity index (χ0v) is 26.4. The molecule has 188 valence electrons. The first-order chi connectivity index (χ1) is 14.4. The van der Waals surface area contributed by atoms with Crippen LogP contribution in [0.25, 0.3) is 0 Å². The van der Waals surface area contributed by atoms with E-state index < -0.39 is 35.2 Å². The van der Waals surface area contributed by atoms with Crippen molar-refractivity contribution in [1.82, 2.24) is 0 Å². The van der Waals surface area contributed by atoms with Gasteiger partial charge in [0.25, 0.3) is 0 Å². The van der Waals surface area contributed by atoms with Gasteiger partial charge in [-0.3, -0.25) is 0 Å². The maximum absolute atomic E-state index is 6.26. The van der Waals surface area contributed by atoms with Gasteiger partial charge in [-0.25, -0.2) is 0 Å². The van der Waals surface area contributed by atoms with Gasteiger partial charge in [0.15, 0.2) is 18.1 Å². The molecule has 0 fully saturated rings. The highest BCUT2D eigenvalue weighted by Gasteiger charge is 2.33. The van der Waals surface area contributed by atoms with Crippen molar-refractivity contribution in [2.24, 2.45) is 0 Å². The van der Waals surface area contributed by atoms with Crippen LogP contribution in [-0.4, -0.2) is 73.8 Å². The highest BCUT2D eigenvalue weighted by Crippen LogP contribution is 2.20. The number of hydrogen-bond acceptors (Lipinski definition) is 6. The van der Waals surface area contributed by atoms with E-state index in [1.54, 1.807) is 0 Å². The quantitative estimate of drug-likeness (QED) is 0.165. The summed E-state index contributed by atoms with van der Waals surface area (Å²) >= 11 is 0. The lowest BCUT2D eigenvalue weighted by Crippen LogP contribution is -2.44. The molecule has 0 saturated carbocycles. The van der Waals surface area contributed by atoms with E-state index >= 15 is 0 Å². The molecule has 0 aliphatic heterocycles. The van der Waals surface area contributed by atoms with Crippen LogP contribution in [0.4, 0.5) is 0 Å². The summed E-state index contributed by atoms with van der Waals surface area (Å²) in [4.78, 5) is 0. The molecular weight excluding hydrogens is 461 g/mol. The van der Waals surface area contributed by atoms with Gasteiger partial charge >= 0.3 is 17.1 Å². The zero-order valence-electron chi connectivity index (χ0n) is 22.1. The highest BCUT2D eigenvalue weighted by molar-refractivity contribution is 6.74.